The molecule has 29 heavy (non-hydrogen) atoms. The number of aromatic hydroxyl groups is 1. The van der Waals surface area contributed by atoms with Crippen molar-refractivity contribution in [1.29, 1.82) is 0 Å². The zero-order valence-corrected chi connectivity index (χ0v) is 23.1. The number of aromatic nitrogens is 1. The molecule has 0 bridgehead atoms. The van der Waals surface area contributed by atoms with Gasteiger partial charge in [0.2, 0.25) is 0 Å². The summed E-state index contributed by atoms with van der Waals surface area (Å²) >= 11 is 10.9. The molecule has 1 aromatic heterocycles. The van der Waals surface area contributed by atoms with Crippen molar-refractivity contribution in [2.75, 3.05) is 0 Å². The maximum Gasteiger partial charge on any atom is 0.196 e. The van der Waals surface area contributed by atoms with Crippen molar-refractivity contribution in [3.05, 3.63) is 48.1 Å². The van der Waals surface area contributed by atoms with E-state index in [1.165, 1.54) is 0 Å². The number of phenolic OH excluding ortho intramolecular Hbond substituents is 1. The van der Waals surface area contributed by atoms with Crippen LogP contribution in [-0.2, 0) is 10.8 Å². The summed E-state index contributed by atoms with van der Waals surface area (Å²) in [6.45, 7) is 16.5. The minimum Gasteiger partial charge on any atom is -0.507 e. The Balaban J connectivity index is 2.78. The van der Waals surface area contributed by atoms with Gasteiger partial charge in [0.15, 0.2) is 5.78 Å². The molecule has 160 valence electrons. The summed E-state index contributed by atoms with van der Waals surface area (Å²) in [5, 5.41) is 11.0. The van der Waals surface area contributed by atoms with Crippen molar-refractivity contribution in [2.45, 2.75) is 78.7 Å². The molecule has 0 saturated heterocycles. The van der Waals surface area contributed by atoms with Crippen LogP contribution in [0.5, 0.6) is 5.75 Å². The fraction of sp³-hybridized carbons (Fsp3) is 0.522. The highest BCUT2D eigenvalue weighted by molar-refractivity contribution is 9.13. The van der Waals surface area contributed by atoms with Gasteiger partial charge in [-0.2, -0.15) is 0 Å². The van der Waals surface area contributed by atoms with Gasteiger partial charge in [-0.1, -0.05) is 48.5 Å². The van der Waals surface area contributed by atoms with Crippen LogP contribution in [0.15, 0.2) is 25.8 Å². The van der Waals surface area contributed by atoms with Gasteiger partial charge in [0.05, 0.1) is 14.6 Å². The number of nitrogens with zero attached hydrogens (tertiary/aromatic N) is 1. The molecule has 0 spiro atoms. The number of phenols is 1. The molecule has 0 radical (unpaired) electrons. The zero-order chi connectivity index (χ0) is 22.5. The van der Waals surface area contributed by atoms with Crippen LogP contribution in [0.25, 0.3) is 0 Å². The molecule has 0 fully saturated rings. The van der Waals surface area contributed by atoms with E-state index in [2.05, 4.69) is 66.2 Å². The predicted octanol–water partition coefficient (Wildman–Crippen LogP) is 8.28. The first kappa shape index (κ1) is 24.7. The van der Waals surface area contributed by atoms with Crippen molar-refractivity contribution >= 4 is 53.6 Å². The lowest BCUT2D eigenvalue weighted by atomic mass is 9.78. The number of hydrogen-bond acceptors (Lipinski definition) is 2. The topological polar surface area (TPSA) is 42.2 Å². The number of ketones is 1. The second kappa shape index (κ2) is 8.51. The van der Waals surface area contributed by atoms with E-state index in [0.717, 1.165) is 31.2 Å². The molecule has 1 N–H and O–H groups in total. The van der Waals surface area contributed by atoms with Crippen LogP contribution in [0.4, 0.5) is 0 Å². The first-order valence-corrected chi connectivity index (χ1v) is 12.2. The van der Waals surface area contributed by atoms with Gasteiger partial charge in [-0.15, -0.1) is 0 Å². The monoisotopic (exact) mass is 589 g/mol. The molecular weight excluding hydrogens is 562 g/mol. The number of rotatable bonds is 4. The van der Waals surface area contributed by atoms with E-state index in [4.69, 9.17) is 0 Å². The van der Waals surface area contributed by atoms with Gasteiger partial charge in [0, 0.05) is 22.7 Å². The Morgan fingerprint density at radius 2 is 1.45 bits per heavy atom. The van der Waals surface area contributed by atoms with E-state index in [1.54, 1.807) is 0 Å². The smallest absolute Gasteiger partial charge is 0.196 e. The fourth-order valence-corrected chi connectivity index (χ4v) is 6.02. The van der Waals surface area contributed by atoms with E-state index in [1.807, 2.05) is 53.7 Å². The molecule has 1 aromatic carbocycles. The number of halogens is 3. The lowest BCUT2D eigenvalue weighted by Crippen LogP contribution is -2.19. The minimum atomic E-state index is -0.294. The fourth-order valence-electron chi connectivity index (χ4n) is 3.32. The Kier molecular flexibility index (Phi) is 7.24. The summed E-state index contributed by atoms with van der Waals surface area (Å²) in [7, 11) is 0. The Hall–Kier alpha value is -0.590. The van der Waals surface area contributed by atoms with Gasteiger partial charge in [-0.25, -0.2) is 0 Å². The molecule has 2 aromatic rings. The first-order chi connectivity index (χ1) is 13.1. The van der Waals surface area contributed by atoms with Crippen LogP contribution in [0.2, 0.25) is 0 Å². The molecule has 1 heterocycles. The lowest BCUT2D eigenvalue weighted by molar-refractivity contribution is 0.103. The van der Waals surface area contributed by atoms with Crippen molar-refractivity contribution in [3.8, 4) is 5.75 Å². The second-order valence-electron chi connectivity index (χ2n) is 9.65. The van der Waals surface area contributed by atoms with Crippen LogP contribution in [0.3, 0.4) is 0 Å². The first-order valence-electron chi connectivity index (χ1n) is 9.80. The Morgan fingerprint density at radius 3 is 1.83 bits per heavy atom. The Labute approximate surface area is 199 Å². The predicted molar refractivity (Wildman–Crippen MR) is 131 cm³/mol. The third kappa shape index (κ3) is 4.69. The molecule has 0 saturated carbocycles. The maximum absolute atomic E-state index is 13.7. The minimum absolute atomic E-state index is 0.0810. The van der Waals surface area contributed by atoms with E-state index in [0.29, 0.717) is 11.1 Å². The molecule has 0 aliphatic heterocycles. The largest absolute Gasteiger partial charge is 0.507 e. The van der Waals surface area contributed by atoms with E-state index < -0.39 is 0 Å². The third-order valence-electron chi connectivity index (χ3n) is 5.28. The van der Waals surface area contributed by atoms with Crippen LogP contribution in [0.1, 0.15) is 94.9 Å². The summed E-state index contributed by atoms with van der Waals surface area (Å²) in [5.74, 6) is 0.195. The van der Waals surface area contributed by atoms with Crippen LogP contribution in [-0.4, -0.2) is 15.5 Å². The normalized spacial score (nSPS) is 13.6. The number of carbonyl (C=O) groups excluding carboxylic acids is 1. The average molecular weight is 592 g/mol. The van der Waals surface area contributed by atoms with Crippen LogP contribution < -0.4 is 0 Å². The molecule has 2 rings (SSSR count). The summed E-state index contributed by atoms with van der Waals surface area (Å²) < 4.78 is 4.40. The van der Waals surface area contributed by atoms with Crippen molar-refractivity contribution < 1.29 is 9.90 Å². The Bertz CT molecular complexity index is 911. The van der Waals surface area contributed by atoms with Gasteiger partial charge in [-0.3, -0.25) is 4.79 Å². The van der Waals surface area contributed by atoms with Crippen molar-refractivity contribution in [3.63, 3.8) is 0 Å². The Morgan fingerprint density at radius 1 is 1.00 bits per heavy atom. The molecule has 1 atom stereocenters. The highest BCUT2D eigenvalue weighted by Crippen LogP contribution is 2.43. The van der Waals surface area contributed by atoms with E-state index >= 15 is 0 Å². The molecule has 0 amide bonds. The number of benzene rings is 1. The SMILES string of the molecule is CCC(C)n1c(Br)c(Br)c(C(=O)c2cc(C(C)(C)C)c(O)c(C(C)(C)C)c2)c1Br. The van der Waals surface area contributed by atoms with Gasteiger partial charge in [-0.05, 0) is 84.1 Å². The molecule has 6 heteroatoms. The molecule has 3 nitrogen and oxygen atoms in total. The van der Waals surface area contributed by atoms with Gasteiger partial charge in [0.25, 0.3) is 0 Å². The molecular formula is C23H30Br3NO2. The second-order valence-corrected chi connectivity index (χ2v) is 11.9. The lowest BCUT2D eigenvalue weighted by Gasteiger charge is -2.28. The third-order valence-corrected chi connectivity index (χ3v) is 8.14. The molecule has 0 aliphatic rings. The summed E-state index contributed by atoms with van der Waals surface area (Å²) in [5.41, 5.74) is 2.13. The zero-order valence-electron chi connectivity index (χ0n) is 18.4. The number of hydrogen-bond donors (Lipinski definition) is 1. The van der Waals surface area contributed by atoms with E-state index in [9.17, 15) is 9.90 Å². The summed E-state index contributed by atoms with van der Waals surface area (Å²) in [6, 6.07) is 3.90. The summed E-state index contributed by atoms with van der Waals surface area (Å²) in [6.07, 6.45) is 0.938. The maximum atomic E-state index is 13.7. The standard InChI is InChI=1S/C23H30Br3NO2/c1-9-12(2)27-20(25)16(17(24)21(27)26)18(28)13-10-14(22(3,4)5)19(29)15(11-13)23(6,7)8/h10-12,29H,9H2,1-8H3. The van der Waals surface area contributed by atoms with E-state index in [-0.39, 0.29) is 28.4 Å². The van der Waals surface area contributed by atoms with Crippen molar-refractivity contribution in [1.82, 2.24) is 4.57 Å². The van der Waals surface area contributed by atoms with Gasteiger partial charge < -0.3 is 9.67 Å². The summed E-state index contributed by atoms with van der Waals surface area (Å²) in [4.78, 5) is 13.7. The van der Waals surface area contributed by atoms with Crippen LogP contribution in [0, 0.1) is 0 Å². The van der Waals surface area contributed by atoms with Crippen molar-refractivity contribution in [2.24, 2.45) is 0 Å². The average Bonchev–Trinajstić information content (AvgIpc) is 2.81. The number of carbonyl (C=O) groups is 1. The quantitative estimate of drug-likeness (QED) is 0.364. The van der Waals surface area contributed by atoms with Gasteiger partial charge in [0.1, 0.15) is 10.4 Å². The van der Waals surface area contributed by atoms with Crippen LogP contribution >= 0.6 is 47.8 Å². The highest BCUT2D eigenvalue weighted by atomic mass is 79.9. The molecule has 0 aliphatic carbocycles. The highest BCUT2D eigenvalue weighted by Gasteiger charge is 2.31. The van der Waals surface area contributed by atoms with Gasteiger partial charge >= 0.3 is 0 Å². The molecule has 1 unspecified atom stereocenters.